The van der Waals surface area contributed by atoms with Crippen molar-refractivity contribution in [2.45, 2.75) is 19.7 Å². The molecule has 0 atom stereocenters. The van der Waals surface area contributed by atoms with E-state index in [1.54, 1.807) is 31.2 Å². The molecule has 10 heteroatoms. The smallest absolute Gasteiger partial charge is 0.416 e. The van der Waals surface area contributed by atoms with E-state index in [0.29, 0.717) is 33.2 Å². The Bertz CT molecular complexity index is 1340. The van der Waals surface area contributed by atoms with Crippen molar-refractivity contribution in [1.82, 2.24) is 0 Å². The Labute approximate surface area is 219 Å². The van der Waals surface area contributed by atoms with Crippen molar-refractivity contribution < 1.29 is 27.4 Å². The Hall–Kier alpha value is -3.48. The minimum Gasteiger partial charge on any atom is -0.490 e. The van der Waals surface area contributed by atoms with Crippen molar-refractivity contribution in [2.75, 3.05) is 11.9 Å². The fraction of sp³-hybridized carbons (Fsp3) is 0.154. The number of amides is 1. The van der Waals surface area contributed by atoms with Crippen molar-refractivity contribution in [1.29, 1.82) is 5.26 Å². The Kier molecular flexibility index (Phi) is 9.02. The molecule has 186 valence electrons. The van der Waals surface area contributed by atoms with Crippen LogP contribution in [0, 0.1) is 11.3 Å². The number of nitriles is 1. The minimum absolute atomic E-state index is 0.0875. The number of carbonyl (C=O) groups excluding carboxylic acids is 1. The van der Waals surface area contributed by atoms with Gasteiger partial charge >= 0.3 is 6.18 Å². The van der Waals surface area contributed by atoms with E-state index in [0.717, 1.165) is 17.7 Å². The van der Waals surface area contributed by atoms with Crippen LogP contribution in [0.4, 0.5) is 18.9 Å². The van der Waals surface area contributed by atoms with E-state index in [1.165, 1.54) is 18.2 Å². The first-order chi connectivity index (χ1) is 17.1. The highest BCUT2D eigenvalue weighted by Crippen LogP contribution is 2.38. The van der Waals surface area contributed by atoms with Crippen LogP contribution in [-0.2, 0) is 17.6 Å². The molecular formula is C26H19BrClF3N2O3. The third-order valence-corrected chi connectivity index (χ3v) is 5.74. The number of hydrogen-bond acceptors (Lipinski definition) is 4. The lowest BCUT2D eigenvalue weighted by atomic mass is 10.1. The normalized spacial score (nSPS) is 11.5. The summed E-state index contributed by atoms with van der Waals surface area (Å²) < 4.78 is 51.0. The lowest BCUT2D eigenvalue weighted by Crippen LogP contribution is -2.14. The third kappa shape index (κ3) is 7.03. The minimum atomic E-state index is -4.56. The molecule has 36 heavy (non-hydrogen) atoms. The SMILES string of the molecule is CCOc1cc(/C=C(\C#N)C(=O)Nc2cccc(C(F)(F)F)c2)cc(Br)c1OCc1ccccc1Cl. The van der Waals surface area contributed by atoms with E-state index in [-0.39, 0.29) is 17.9 Å². The van der Waals surface area contributed by atoms with E-state index in [2.05, 4.69) is 21.2 Å². The van der Waals surface area contributed by atoms with Crippen LogP contribution >= 0.6 is 27.5 Å². The number of carbonyl (C=O) groups is 1. The maximum absolute atomic E-state index is 13.0. The van der Waals surface area contributed by atoms with Crippen LogP contribution < -0.4 is 14.8 Å². The number of halogens is 5. The molecular weight excluding hydrogens is 561 g/mol. The van der Waals surface area contributed by atoms with Crippen molar-refractivity contribution in [2.24, 2.45) is 0 Å². The van der Waals surface area contributed by atoms with Crippen LogP contribution in [-0.4, -0.2) is 12.5 Å². The molecule has 0 aliphatic rings. The molecule has 0 aliphatic heterocycles. The Balaban J connectivity index is 1.85. The van der Waals surface area contributed by atoms with Gasteiger partial charge in [0.15, 0.2) is 11.5 Å². The van der Waals surface area contributed by atoms with Crippen LogP contribution in [0.1, 0.15) is 23.6 Å². The zero-order valence-corrected chi connectivity index (χ0v) is 21.2. The maximum Gasteiger partial charge on any atom is 0.416 e. The molecule has 0 aromatic heterocycles. The molecule has 0 radical (unpaired) electrons. The zero-order chi connectivity index (χ0) is 26.3. The van der Waals surface area contributed by atoms with Crippen molar-refractivity contribution >= 4 is 45.2 Å². The largest absolute Gasteiger partial charge is 0.490 e. The molecule has 1 N–H and O–H groups in total. The Morgan fingerprint density at radius 3 is 2.56 bits per heavy atom. The number of hydrogen-bond donors (Lipinski definition) is 1. The summed E-state index contributed by atoms with van der Waals surface area (Å²) in [6.07, 6.45) is -3.26. The third-order valence-electron chi connectivity index (χ3n) is 4.79. The summed E-state index contributed by atoms with van der Waals surface area (Å²) in [6.45, 7) is 2.29. The number of ether oxygens (including phenoxy) is 2. The number of anilines is 1. The first-order valence-electron chi connectivity index (χ1n) is 10.5. The lowest BCUT2D eigenvalue weighted by molar-refractivity contribution is -0.137. The van der Waals surface area contributed by atoms with E-state index in [9.17, 15) is 23.2 Å². The van der Waals surface area contributed by atoms with Crippen molar-refractivity contribution in [3.63, 3.8) is 0 Å². The molecule has 0 fully saturated rings. The van der Waals surface area contributed by atoms with Crippen LogP contribution in [0.25, 0.3) is 6.08 Å². The monoisotopic (exact) mass is 578 g/mol. The second-order valence-corrected chi connectivity index (χ2v) is 8.61. The van der Waals surface area contributed by atoms with Gasteiger partial charge in [0.1, 0.15) is 18.2 Å². The predicted molar refractivity (Wildman–Crippen MR) is 135 cm³/mol. The quantitative estimate of drug-likeness (QED) is 0.220. The molecule has 0 aliphatic carbocycles. The first-order valence-corrected chi connectivity index (χ1v) is 11.7. The number of benzene rings is 3. The van der Waals surface area contributed by atoms with Gasteiger partial charge in [-0.15, -0.1) is 0 Å². The molecule has 3 aromatic rings. The van der Waals surface area contributed by atoms with Gasteiger partial charge in [-0.3, -0.25) is 4.79 Å². The Morgan fingerprint density at radius 1 is 1.14 bits per heavy atom. The summed E-state index contributed by atoms with van der Waals surface area (Å²) in [6, 6.07) is 16.4. The van der Waals surface area contributed by atoms with Crippen LogP contribution in [0.2, 0.25) is 5.02 Å². The van der Waals surface area contributed by atoms with Gasteiger partial charge in [-0.05, 0) is 70.9 Å². The van der Waals surface area contributed by atoms with Gasteiger partial charge in [0.2, 0.25) is 0 Å². The fourth-order valence-electron chi connectivity index (χ4n) is 3.13. The highest BCUT2D eigenvalue weighted by Gasteiger charge is 2.30. The molecule has 0 heterocycles. The average molecular weight is 580 g/mol. The molecule has 0 unspecified atom stereocenters. The van der Waals surface area contributed by atoms with E-state index in [4.69, 9.17) is 21.1 Å². The highest BCUT2D eigenvalue weighted by atomic mass is 79.9. The second-order valence-electron chi connectivity index (χ2n) is 7.35. The molecule has 3 rings (SSSR count). The lowest BCUT2D eigenvalue weighted by Gasteiger charge is -2.15. The summed E-state index contributed by atoms with van der Waals surface area (Å²) in [5.41, 5.74) is -0.107. The Morgan fingerprint density at radius 2 is 1.89 bits per heavy atom. The van der Waals surface area contributed by atoms with Gasteiger partial charge in [-0.1, -0.05) is 35.9 Å². The number of nitrogens with zero attached hydrogens (tertiary/aromatic N) is 1. The summed E-state index contributed by atoms with van der Waals surface area (Å²) in [4.78, 5) is 12.6. The molecule has 0 saturated heterocycles. The van der Waals surface area contributed by atoms with Gasteiger partial charge in [0, 0.05) is 16.3 Å². The summed E-state index contributed by atoms with van der Waals surface area (Å²) >= 11 is 9.63. The van der Waals surface area contributed by atoms with Gasteiger partial charge < -0.3 is 14.8 Å². The standard InChI is InChI=1S/C26H19BrClF3N2O3/c1-2-35-23-12-16(11-21(27)24(23)36-15-17-6-3-4-9-22(17)28)10-18(14-32)25(34)33-20-8-5-7-19(13-20)26(29,30)31/h3-13H,2,15H2,1H3,(H,33,34)/b18-10+. The molecule has 0 bridgehead atoms. The average Bonchev–Trinajstić information content (AvgIpc) is 2.83. The summed E-state index contributed by atoms with van der Waals surface area (Å²) in [7, 11) is 0. The number of alkyl halides is 3. The highest BCUT2D eigenvalue weighted by molar-refractivity contribution is 9.10. The van der Waals surface area contributed by atoms with Gasteiger partial charge in [-0.2, -0.15) is 18.4 Å². The number of nitrogens with one attached hydrogen (secondary N) is 1. The molecule has 3 aromatic carbocycles. The summed E-state index contributed by atoms with van der Waals surface area (Å²) in [5, 5.41) is 12.4. The zero-order valence-electron chi connectivity index (χ0n) is 18.8. The van der Waals surface area contributed by atoms with Crippen molar-refractivity contribution in [3.05, 3.63) is 92.4 Å². The topological polar surface area (TPSA) is 71.3 Å². The number of rotatable bonds is 8. The van der Waals surface area contributed by atoms with Crippen molar-refractivity contribution in [3.8, 4) is 17.6 Å². The van der Waals surface area contributed by atoms with Crippen LogP contribution in [0.15, 0.2) is 70.7 Å². The fourth-order valence-corrected chi connectivity index (χ4v) is 3.89. The first kappa shape index (κ1) is 27.1. The second kappa shape index (κ2) is 12.0. The molecule has 0 saturated carbocycles. The van der Waals surface area contributed by atoms with Gasteiger partial charge in [0.25, 0.3) is 5.91 Å². The van der Waals surface area contributed by atoms with E-state index in [1.807, 2.05) is 18.2 Å². The molecule has 5 nitrogen and oxygen atoms in total. The molecule has 0 spiro atoms. The predicted octanol–water partition coefficient (Wildman–Crippen LogP) is 7.64. The van der Waals surface area contributed by atoms with E-state index >= 15 is 0 Å². The summed E-state index contributed by atoms with van der Waals surface area (Å²) in [5.74, 6) is -0.0912. The molecule has 1 amide bonds. The van der Waals surface area contributed by atoms with Gasteiger partial charge in [-0.25, -0.2) is 0 Å². The van der Waals surface area contributed by atoms with Gasteiger partial charge in [0.05, 0.1) is 16.6 Å². The van der Waals surface area contributed by atoms with Crippen LogP contribution in [0.5, 0.6) is 11.5 Å². The maximum atomic E-state index is 13.0. The van der Waals surface area contributed by atoms with Crippen LogP contribution in [0.3, 0.4) is 0 Å². The van der Waals surface area contributed by atoms with E-state index < -0.39 is 17.6 Å².